The molecule has 1 aromatic carbocycles. The smallest absolute Gasteiger partial charge is 0.358 e. The Kier molecular flexibility index (Phi) is 3.91. The SMILES string of the molecule is CCCCn1nnc(C(=O)O)c1Cc1c[nH]c2ccccc12. The second-order valence-corrected chi connectivity index (χ2v) is 5.30. The second-order valence-electron chi connectivity index (χ2n) is 5.30. The van der Waals surface area contributed by atoms with E-state index in [2.05, 4.69) is 22.2 Å². The third-order valence-corrected chi connectivity index (χ3v) is 3.80. The number of nitrogens with one attached hydrogen (secondary N) is 1. The zero-order chi connectivity index (χ0) is 15.5. The van der Waals surface area contributed by atoms with Gasteiger partial charge in [0.1, 0.15) is 0 Å². The van der Waals surface area contributed by atoms with Gasteiger partial charge in [-0.05, 0) is 18.1 Å². The highest BCUT2D eigenvalue weighted by Gasteiger charge is 2.20. The molecule has 6 heteroatoms. The van der Waals surface area contributed by atoms with E-state index in [1.807, 2.05) is 30.5 Å². The van der Waals surface area contributed by atoms with Crippen molar-refractivity contribution in [1.29, 1.82) is 0 Å². The Balaban J connectivity index is 1.99. The number of hydrogen-bond acceptors (Lipinski definition) is 3. The van der Waals surface area contributed by atoms with Crippen LogP contribution in [0.25, 0.3) is 10.9 Å². The van der Waals surface area contributed by atoms with Crippen molar-refractivity contribution in [2.45, 2.75) is 32.7 Å². The standard InChI is InChI=1S/C16H18N4O2/c1-2-3-8-20-14(15(16(21)22)18-19-20)9-11-10-17-13-7-5-4-6-12(11)13/h4-7,10,17H,2-3,8-9H2,1H3,(H,21,22). The monoisotopic (exact) mass is 298 g/mol. The second kappa shape index (κ2) is 6.01. The summed E-state index contributed by atoms with van der Waals surface area (Å²) in [5.74, 6) is -1.03. The molecule has 0 spiro atoms. The van der Waals surface area contributed by atoms with Gasteiger partial charge in [0.05, 0.1) is 5.69 Å². The van der Waals surface area contributed by atoms with Crippen LogP contribution in [0.15, 0.2) is 30.5 Å². The van der Waals surface area contributed by atoms with Crippen LogP contribution in [0, 0.1) is 0 Å². The minimum atomic E-state index is -1.03. The van der Waals surface area contributed by atoms with E-state index in [1.165, 1.54) is 0 Å². The minimum Gasteiger partial charge on any atom is -0.476 e. The van der Waals surface area contributed by atoms with Gasteiger partial charge in [0.15, 0.2) is 5.69 Å². The molecule has 2 N–H and O–H groups in total. The van der Waals surface area contributed by atoms with E-state index >= 15 is 0 Å². The van der Waals surface area contributed by atoms with Crippen molar-refractivity contribution < 1.29 is 9.90 Å². The van der Waals surface area contributed by atoms with E-state index in [-0.39, 0.29) is 5.69 Å². The highest BCUT2D eigenvalue weighted by atomic mass is 16.4. The molecule has 0 radical (unpaired) electrons. The van der Waals surface area contributed by atoms with Crippen molar-refractivity contribution in [1.82, 2.24) is 20.0 Å². The van der Waals surface area contributed by atoms with Gasteiger partial charge < -0.3 is 10.1 Å². The Morgan fingerprint density at radius 3 is 2.95 bits per heavy atom. The summed E-state index contributed by atoms with van der Waals surface area (Å²) in [6.45, 7) is 2.78. The molecule has 22 heavy (non-hydrogen) atoms. The highest BCUT2D eigenvalue weighted by Crippen LogP contribution is 2.22. The minimum absolute atomic E-state index is 0.0429. The molecule has 0 saturated heterocycles. The summed E-state index contributed by atoms with van der Waals surface area (Å²) in [7, 11) is 0. The molecule has 2 heterocycles. The molecule has 6 nitrogen and oxygen atoms in total. The van der Waals surface area contributed by atoms with Crippen LogP contribution in [0.2, 0.25) is 0 Å². The molecule has 0 atom stereocenters. The van der Waals surface area contributed by atoms with Crippen LogP contribution in [0.1, 0.15) is 41.5 Å². The molecule has 0 unspecified atom stereocenters. The normalized spacial score (nSPS) is 11.1. The van der Waals surface area contributed by atoms with Crippen molar-refractivity contribution in [2.24, 2.45) is 0 Å². The van der Waals surface area contributed by atoms with Gasteiger partial charge in [-0.2, -0.15) is 0 Å². The van der Waals surface area contributed by atoms with Gasteiger partial charge >= 0.3 is 5.97 Å². The Labute approximate surface area is 127 Å². The average molecular weight is 298 g/mol. The summed E-state index contributed by atoms with van der Waals surface area (Å²) in [4.78, 5) is 14.6. The number of rotatable bonds is 6. The summed E-state index contributed by atoms with van der Waals surface area (Å²) in [5, 5.41) is 18.3. The number of nitrogens with zero attached hydrogens (tertiary/aromatic N) is 3. The number of aromatic nitrogens is 4. The van der Waals surface area contributed by atoms with Gasteiger partial charge in [-0.1, -0.05) is 36.8 Å². The fraction of sp³-hybridized carbons (Fsp3) is 0.312. The first-order chi connectivity index (χ1) is 10.7. The van der Waals surface area contributed by atoms with E-state index < -0.39 is 5.97 Å². The molecular formula is C16H18N4O2. The van der Waals surface area contributed by atoms with Crippen LogP contribution in [-0.4, -0.2) is 31.1 Å². The number of aromatic amines is 1. The zero-order valence-corrected chi connectivity index (χ0v) is 12.4. The number of unbranched alkanes of at least 4 members (excludes halogenated alkanes) is 1. The molecule has 3 aromatic rings. The summed E-state index contributed by atoms with van der Waals surface area (Å²) in [6, 6.07) is 7.98. The van der Waals surface area contributed by atoms with Crippen molar-refractivity contribution in [2.75, 3.05) is 0 Å². The Morgan fingerprint density at radius 1 is 1.36 bits per heavy atom. The van der Waals surface area contributed by atoms with Gasteiger partial charge in [-0.25, -0.2) is 9.48 Å². The lowest BCUT2D eigenvalue weighted by atomic mass is 10.1. The predicted octanol–water partition coefficient (Wildman–Crippen LogP) is 2.85. The van der Waals surface area contributed by atoms with Gasteiger partial charge in [0.2, 0.25) is 0 Å². The summed E-state index contributed by atoms with van der Waals surface area (Å²) in [6.07, 6.45) is 4.40. The molecule has 0 aliphatic rings. The number of para-hydroxylation sites is 1. The maximum atomic E-state index is 11.4. The molecule has 0 aliphatic heterocycles. The number of fused-ring (bicyclic) bond motifs is 1. The van der Waals surface area contributed by atoms with E-state index in [0.717, 1.165) is 29.3 Å². The molecule has 0 bridgehead atoms. The first-order valence-corrected chi connectivity index (χ1v) is 7.41. The van der Waals surface area contributed by atoms with Crippen molar-refractivity contribution in [3.63, 3.8) is 0 Å². The van der Waals surface area contributed by atoms with E-state index in [4.69, 9.17) is 0 Å². The molecule has 3 rings (SSSR count). The fourth-order valence-corrected chi connectivity index (χ4v) is 2.62. The molecule has 0 saturated carbocycles. The highest BCUT2D eigenvalue weighted by molar-refractivity contribution is 5.87. The lowest BCUT2D eigenvalue weighted by Gasteiger charge is -2.06. The average Bonchev–Trinajstić information content (AvgIpc) is 3.10. The van der Waals surface area contributed by atoms with E-state index in [1.54, 1.807) is 4.68 Å². The van der Waals surface area contributed by atoms with Gasteiger partial charge in [-0.3, -0.25) is 0 Å². The number of carbonyl (C=O) groups is 1. The fourth-order valence-electron chi connectivity index (χ4n) is 2.62. The maximum absolute atomic E-state index is 11.4. The van der Waals surface area contributed by atoms with Crippen LogP contribution in [0.4, 0.5) is 0 Å². The third-order valence-electron chi connectivity index (χ3n) is 3.80. The molecule has 2 aromatic heterocycles. The predicted molar refractivity (Wildman–Crippen MR) is 83.0 cm³/mol. The lowest BCUT2D eigenvalue weighted by molar-refractivity contribution is 0.0689. The Bertz CT molecular complexity index is 803. The van der Waals surface area contributed by atoms with Gasteiger partial charge in [-0.15, -0.1) is 5.10 Å². The number of aryl methyl sites for hydroxylation is 1. The number of H-pyrrole nitrogens is 1. The van der Waals surface area contributed by atoms with Gasteiger partial charge in [0, 0.05) is 30.1 Å². The van der Waals surface area contributed by atoms with E-state index in [9.17, 15) is 9.90 Å². The summed E-state index contributed by atoms with van der Waals surface area (Å²) >= 11 is 0. The topological polar surface area (TPSA) is 83.8 Å². The number of aromatic carboxylic acids is 1. The first-order valence-electron chi connectivity index (χ1n) is 7.41. The van der Waals surface area contributed by atoms with Crippen LogP contribution in [-0.2, 0) is 13.0 Å². The summed E-state index contributed by atoms with van der Waals surface area (Å²) < 4.78 is 1.72. The Morgan fingerprint density at radius 2 is 2.18 bits per heavy atom. The van der Waals surface area contributed by atoms with Crippen molar-refractivity contribution in [3.05, 3.63) is 47.4 Å². The van der Waals surface area contributed by atoms with Crippen molar-refractivity contribution >= 4 is 16.9 Å². The molecule has 0 amide bonds. The molecule has 114 valence electrons. The largest absolute Gasteiger partial charge is 0.476 e. The van der Waals surface area contributed by atoms with Crippen LogP contribution in [0.5, 0.6) is 0 Å². The quantitative estimate of drug-likeness (QED) is 0.733. The molecule has 0 fully saturated rings. The molecule has 0 aliphatic carbocycles. The number of benzene rings is 1. The molecular weight excluding hydrogens is 280 g/mol. The van der Waals surface area contributed by atoms with Crippen LogP contribution < -0.4 is 0 Å². The number of carboxylic acids is 1. The first kappa shape index (κ1) is 14.3. The third kappa shape index (κ3) is 2.59. The van der Waals surface area contributed by atoms with Crippen LogP contribution in [0.3, 0.4) is 0 Å². The van der Waals surface area contributed by atoms with Crippen LogP contribution >= 0.6 is 0 Å². The maximum Gasteiger partial charge on any atom is 0.358 e. The van der Waals surface area contributed by atoms with Crippen molar-refractivity contribution in [3.8, 4) is 0 Å². The zero-order valence-electron chi connectivity index (χ0n) is 12.4. The number of hydrogen-bond donors (Lipinski definition) is 2. The number of carboxylic acid groups (broad SMARTS) is 1. The van der Waals surface area contributed by atoms with E-state index in [0.29, 0.717) is 18.7 Å². The lowest BCUT2D eigenvalue weighted by Crippen LogP contribution is -2.09. The Hall–Kier alpha value is -2.63. The summed E-state index contributed by atoms with van der Waals surface area (Å²) in [5.41, 5.74) is 2.80. The van der Waals surface area contributed by atoms with Gasteiger partial charge in [0.25, 0.3) is 0 Å².